The van der Waals surface area contributed by atoms with Crippen LogP contribution in [0, 0.1) is 11.8 Å². The van der Waals surface area contributed by atoms with Crippen molar-refractivity contribution >= 4 is 5.91 Å². The van der Waals surface area contributed by atoms with Crippen LogP contribution >= 0.6 is 0 Å². The molecule has 2 aliphatic rings. The number of methoxy groups -OCH3 is 1. The average molecular weight is 330 g/mol. The summed E-state index contributed by atoms with van der Waals surface area (Å²) < 4.78 is 5.23. The minimum atomic E-state index is 0.132. The summed E-state index contributed by atoms with van der Waals surface area (Å²) in [4.78, 5) is 17.4. The number of benzene rings is 1. The van der Waals surface area contributed by atoms with Gasteiger partial charge in [0.15, 0.2) is 0 Å². The van der Waals surface area contributed by atoms with E-state index in [1.807, 2.05) is 29.2 Å². The van der Waals surface area contributed by atoms with Gasteiger partial charge in [0.05, 0.1) is 7.11 Å². The number of nitrogens with zero attached hydrogens (tertiary/aromatic N) is 2. The molecule has 4 nitrogen and oxygen atoms in total. The molecular formula is C20H30N2O2. The maximum Gasteiger partial charge on any atom is 0.253 e. The average Bonchev–Trinajstić information content (AvgIpc) is 2.60. The van der Waals surface area contributed by atoms with Gasteiger partial charge in [0.1, 0.15) is 5.75 Å². The highest BCUT2D eigenvalue weighted by atomic mass is 16.5. The van der Waals surface area contributed by atoms with E-state index in [9.17, 15) is 4.79 Å². The Balaban J connectivity index is 1.57. The molecule has 2 saturated heterocycles. The van der Waals surface area contributed by atoms with E-state index < -0.39 is 0 Å². The monoisotopic (exact) mass is 330 g/mol. The van der Waals surface area contributed by atoms with Gasteiger partial charge in [0, 0.05) is 37.8 Å². The lowest BCUT2D eigenvalue weighted by Gasteiger charge is -2.43. The van der Waals surface area contributed by atoms with Crippen molar-refractivity contribution in [2.45, 2.75) is 39.2 Å². The number of likely N-dealkylation sites (tertiary alicyclic amines) is 2. The van der Waals surface area contributed by atoms with Gasteiger partial charge in [0.2, 0.25) is 0 Å². The Morgan fingerprint density at radius 3 is 2.42 bits per heavy atom. The van der Waals surface area contributed by atoms with Crippen LogP contribution in [-0.4, -0.2) is 55.0 Å². The smallest absolute Gasteiger partial charge is 0.253 e. The van der Waals surface area contributed by atoms with E-state index >= 15 is 0 Å². The zero-order valence-corrected chi connectivity index (χ0v) is 15.2. The van der Waals surface area contributed by atoms with Crippen molar-refractivity contribution < 1.29 is 9.53 Å². The quantitative estimate of drug-likeness (QED) is 0.853. The van der Waals surface area contributed by atoms with Gasteiger partial charge in [0.25, 0.3) is 5.91 Å². The topological polar surface area (TPSA) is 32.8 Å². The maximum atomic E-state index is 12.7. The summed E-state index contributed by atoms with van der Waals surface area (Å²) in [6.45, 7) is 8.89. The summed E-state index contributed by atoms with van der Waals surface area (Å²) in [5.74, 6) is 2.47. The zero-order chi connectivity index (χ0) is 17.1. The summed E-state index contributed by atoms with van der Waals surface area (Å²) in [7, 11) is 1.63. The first-order valence-corrected chi connectivity index (χ1v) is 9.24. The van der Waals surface area contributed by atoms with Crippen LogP contribution in [0.25, 0.3) is 0 Å². The third kappa shape index (κ3) is 3.92. The van der Waals surface area contributed by atoms with Crippen LogP contribution in [-0.2, 0) is 0 Å². The number of hydrogen-bond donors (Lipinski definition) is 0. The summed E-state index contributed by atoms with van der Waals surface area (Å²) in [5, 5.41) is 0. The van der Waals surface area contributed by atoms with Gasteiger partial charge < -0.3 is 9.64 Å². The van der Waals surface area contributed by atoms with E-state index in [-0.39, 0.29) is 5.91 Å². The molecule has 0 saturated carbocycles. The molecule has 0 spiro atoms. The molecule has 0 radical (unpaired) electrons. The van der Waals surface area contributed by atoms with E-state index in [1.165, 1.54) is 19.5 Å². The standard InChI is InChI=1S/C20H30N2O2/c1-15-11-16(2)14-22(13-15)18-7-9-21(10-8-18)20(23)17-5-4-6-19(12-17)24-3/h4-6,12,15-16,18H,7-11,13-14H2,1-3H3. The zero-order valence-electron chi connectivity index (χ0n) is 15.2. The van der Waals surface area contributed by atoms with Crippen molar-refractivity contribution in [1.82, 2.24) is 9.80 Å². The number of carbonyl (C=O) groups is 1. The van der Waals surface area contributed by atoms with Crippen molar-refractivity contribution in [3.63, 3.8) is 0 Å². The third-order valence-electron chi connectivity index (χ3n) is 5.48. The number of ether oxygens (including phenoxy) is 1. The first-order valence-electron chi connectivity index (χ1n) is 9.24. The first kappa shape index (κ1) is 17.3. The third-order valence-corrected chi connectivity index (χ3v) is 5.48. The molecule has 2 aliphatic heterocycles. The fraction of sp³-hybridized carbons (Fsp3) is 0.650. The predicted molar refractivity (Wildman–Crippen MR) is 96.4 cm³/mol. The van der Waals surface area contributed by atoms with Crippen molar-refractivity contribution in [3.8, 4) is 5.75 Å². The molecule has 0 aromatic heterocycles. The molecule has 3 rings (SSSR count). The van der Waals surface area contributed by atoms with Gasteiger partial charge in [-0.05, 0) is 49.3 Å². The number of carbonyl (C=O) groups excluding carboxylic acids is 1. The molecule has 24 heavy (non-hydrogen) atoms. The molecule has 2 unspecified atom stereocenters. The lowest BCUT2D eigenvalue weighted by molar-refractivity contribution is 0.0450. The highest BCUT2D eigenvalue weighted by molar-refractivity contribution is 5.94. The van der Waals surface area contributed by atoms with Crippen LogP contribution < -0.4 is 4.74 Å². The van der Waals surface area contributed by atoms with Gasteiger partial charge in [-0.3, -0.25) is 9.69 Å². The minimum absolute atomic E-state index is 0.132. The second-order valence-corrected chi connectivity index (χ2v) is 7.66. The summed E-state index contributed by atoms with van der Waals surface area (Å²) in [5.41, 5.74) is 0.730. The first-order chi connectivity index (χ1) is 11.6. The Morgan fingerprint density at radius 2 is 1.79 bits per heavy atom. The number of piperidine rings is 2. The lowest BCUT2D eigenvalue weighted by atomic mass is 9.89. The van der Waals surface area contributed by atoms with Crippen LogP contribution in [0.5, 0.6) is 5.75 Å². The number of hydrogen-bond acceptors (Lipinski definition) is 3. The van der Waals surface area contributed by atoms with E-state index in [1.54, 1.807) is 7.11 Å². The Kier molecular flexibility index (Phi) is 5.44. The fourth-order valence-corrected chi connectivity index (χ4v) is 4.38. The molecule has 0 aliphatic carbocycles. The largest absolute Gasteiger partial charge is 0.497 e. The van der Waals surface area contributed by atoms with Crippen LogP contribution in [0.15, 0.2) is 24.3 Å². The van der Waals surface area contributed by atoms with Crippen molar-refractivity contribution in [3.05, 3.63) is 29.8 Å². The SMILES string of the molecule is COc1cccc(C(=O)N2CCC(N3CC(C)CC(C)C3)CC2)c1. The molecule has 4 heteroatoms. The van der Waals surface area contributed by atoms with Gasteiger partial charge in [-0.25, -0.2) is 0 Å². The second kappa shape index (κ2) is 7.56. The molecular weight excluding hydrogens is 300 g/mol. The van der Waals surface area contributed by atoms with E-state index in [4.69, 9.17) is 4.74 Å². The van der Waals surface area contributed by atoms with Crippen LogP contribution in [0.1, 0.15) is 43.5 Å². The van der Waals surface area contributed by atoms with E-state index in [0.717, 1.165) is 49.1 Å². The van der Waals surface area contributed by atoms with Gasteiger partial charge in [-0.2, -0.15) is 0 Å². The van der Waals surface area contributed by atoms with E-state index in [2.05, 4.69) is 18.7 Å². The number of amides is 1. The predicted octanol–water partition coefficient (Wildman–Crippen LogP) is 3.28. The summed E-state index contributed by atoms with van der Waals surface area (Å²) in [6, 6.07) is 8.12. The Labute approximate surface area is 145 Å². The van der Waals surface area contributed by atoms with Crippen molar-refractivity contribution in [1.29, 1.82) is 0 Å². The van der Waals surface area contributed by atoms with Gasteiger partial charge in [-0.15, -0.1) is 0 Å². The molecule has 0 bridgehead atoms. The van der Waals surface area contributed by atoms with Crippen molar-refractivity contribution in [2.75, 3.05) is 33.3 Å². The van der Waals surface area contributed by atoms with Crippen LogP contribution in [0.3, 0.4) is 0 Å². The Hall–Kier alpha value is -1.55. The minimum Gasteiger partial charge on any atom is -0.497 e. The van der Waals surface area contributed by atoms with Gasteiger partial charge in [-0.1, -0.05) is 19.9 Å². The summed E-state index contributed by atoms with van der Waals surface area (Å²) in [6.07, 6.45) is 3.54. The molecule has 2 atom stereocenters. The maximum absolute atomic E-state index is 12.7. The fourth-order valence-electron chi connectivity index (χ4n) is 4.38. The number of rotatable bonds is 3. The second-order valence-electron chi connectivity index (χ2n) is 7.66. The Morgan fingerprint density at radius 1 is 1.12 bits per heavy atom. The highest BCUT2D eigenvalue weighted by Crippen LogP contribution is 2.27. The van der Waals surface area contributed by atoms with Crippen molar-refractivity contribution in [2.24, 2.45) is 11.8 Å². The molecule has 0 N–H and O–H groups in total. The normalized spacial score (nSPS) is 26.4. The van der Waals surface area contributed by atoms with Crippen LogP contribution in [0.4, 0.5) is 0 Å². The molecule has 132 valence electrons. The molecule has 1 aromatic carbocycles. The lowest BCUT2D eigenvalue weighted by Crippen LogP contribution is -2.50. The Bertz CT molecular complexity index is 557. The molecule has 2 heterocycles. The highest BCUT2D eigenvalue weighted by Gasteiger charge is 2.31. The summed E-state index contributed by atoms with van der Waals surface area (Å²) >= 11 is 0. The molecule has 1 amide bonds. The van der Waals surface area contributed by atoms with Crippen LogP contribution in [0.2, 0.25) is 0 Å². The van der Waals surface area contributed by atoms with Gasteiger partial charge >= 0.3 is 0 Å². The van der Waals surface area contributed by atoms with E-state index in [0.29, 0.717) is 6.04 Å². The molecule has 1 aromatic rings. The molecule has 2 fully saturated rings.